The lowest BCUT2D eigenvalue weighted by Crippen LogP contribution is -2.11. The number of halogens is 2. The van der Waals surface area contributed by atoms with Crippen LogP contribution in [0, 0.1) is 6.92 Å². The summed E-state index contributed by atoms with van der Waals surface area (Å²) >= 11 is 13.0. The summed E-state index contributed by atoms with van der Waals surface area (Å²) in [7, 11) is 2.44. The van der Waals surface area contributed by atoms with Gasteiger partial charge >= 0.3 is 11.9 Å². The van der Waals surface area contributed by atoms with Gasteiger partial charge in [-0.2, -0.15) is 0 Å². The number of hydrogen-bond donors (Lipinski definition) is 1. The summed E-state index contributed by atoms with van der Waals surface area (Å²) in [6.45, 7) is 1.57. The number of hydrogen-bond acceptors (Lipinski definition) is 6. The Hall–Kier alpha value is -2.35. The summed E-state index contributed by atoms with van der Waals surface area (Å²) in [5, 5.41) is 3.53. The molecule has 0 fully saturated rings. The van der Waals surface area contributed by atoms with Gasteiger partial charge in [-0.1, -0.05) is 29.3 Å². The van der Waals surface area contributed by atoms with Gasteiger partial charge in [0.1, 0.15) is 9.88 Å². The number of methoxy groups -OCH3 is 2. The number of thiophene rings is 1. The zero-order chi connectivity index (χ0) is 20.1. The molecule has 0 saturated carbocycles. The molecule has 0 atom stereocenters. The first kappa shape index (κ1) is 21.0. The van der Waals surface area contributed by atoms with E-state index in [-0.39, 0.29) is 15.4 Å². The van der Waals surface area contributed by atoms with E-state index in [1.807, 2.05) is 0 Å². The maximum Gasteiger partial charge on any atom is 0.348 e. The monoisotopic (exact) mass is 427 g/mol. The Balaban J connectivity index is 2.33. The largest absolute Gasteiger partial charge is 0.465 e. The highest BCUT2D eigenvalue weighted by Crippen LogP contribution is 2.34. The van der Waals surface area contributed by atoms with Gasteiger partial charge in [0.2, 0.25) is 5.91 Å². The maximum atomic E-state index is 12.3. The molecule has 0 unspecified atom stereocenters. The average molecular weight is 428 g/mol. The van der Waals surface area contributed by atoms with E-state index in [0.29, 0.717) is 21.2 Å². The van der Waals surface area contributed by atoms with Crippen LogP contribution in [-0.2, 0) is 14.3 Å². The summed E-state index contributed by atoms with van der Waals surface area (Å²) in [5.74, 6) is -1.82. The number of rotatable bonds is 5. The molecule has 1 aromatic heterocycles. The van der Waals surface area contributed by atoms with Crippen molar-refractivity contribution >= 4 is 63.5 Å². The van der Waals surface area contributed by atoms with Crippen molar-refractivity contribution in [1.82, 2.24) is 0 Å². The first-order chi connectivity index (χ1) is 12.8. The molecule has 0 radical (unpaired) electrons. The molecule has 1 N–H and O–H groups in total. The van der Waals surface area contributed by atoms with Gasteiger partial charge in [-0.3, -0.25) is 4.79 Å². The Labute approximate surface area is 169 Å². The van der Waals surface area contributed by atoms with Crippen LogP contribution >= 0.6 is 34.5 Å². The topological polar surface area (TPSA) is 81.7 Å². The number of esters is 2. The van der Waals surface area contributed by atoms with E-state index in [4.69, 9.17) is 32.7 Å². The second-order valence-electron chi connectivity index (χ2n) is 5.20. The average Bonchev–Trinajstić information content (AvgIpc) is 2.96. The van der Waals surface area contributed by atoms with Crippen LogP contribution < -0.4 is 5.32 Å². The van der Waals surface area contributed by atoms with Crippen molar-refractivity contribution in [1.29, 1.82) is 0 Å². The smallest absolute Gasteiger partial charge is 0.348 e. The van der Waals surface area contributed by atoms with Gasteiger partial charge in [0, 0.05) is 21.7 Å². The number of anilines is 1. The lowest BCUT2D eigenvalue weighted by Gasteiger charge is -2.04. The Bertz CT molecular complexity index is 916. The summed E-state index contributed by atoms with van der Waals surface area (Å²) in [6.07, 6.45) is 2.68. The molecule has 142 valence electrons. The second kappa shape index (κ2) is 9.03. The molecule has 0 aliphatic carbocycles. The Morgan fingerprint density at radius 3 is 2.22 bits per heavy atom. The molecule has 9 heteroatoms. The fourth-order valence-electron chi connectivity index (χ4n) is 2.22. The number of benzene rings is 1. The van der Waals surface area contributed by atoms with E-state index in [0.717, 1.165) is 11.3 Å². The van der Waals surface area contributed by atoms with Gasteiger partial charge in [-0.15, -0.1) is 11.3 Å². The highest BCUT2D eigenvalue weighted by atomic mass is 35.5. The molecule has 2 aromatic rings. The maximum absolute atomic E-state index is 12.3. The Morgan fingerprint density at radius 2 is 1.67 bits per heavy atom. The Morgan fingerprint density at radius 1 is 1.07 bits per heavy atom. The van der Waals surface area contributed by atoms with E-state index in [1.54, 1.807) is 25.1 Å². The minimum Gasteiger partial charge on any atom is -0.465 e. The SMILES string of the molecule is COC(=O)c1sc(NC(=O)C=Cc2c(Cl)cccc2Cl)c(C(=O)OC)c1C. The predicted molar refractivity (Wildman–Crippen MR) is 106 cm³/mol. The third-order valence-electron chi connectivity index (χ3n) is 3.54. The molecule has 6 nitrogen and oxygen atoms in total. The summed E-state index contributed by atoms with van der Waals surface area (Å²) < 4.78 is 9.44. The van der Waals surface area contributed by atoms with Crippen molar-refractivity contribution in [3.05, 3.63) is 55.9 Å². The van der Waals surface area contributed by atoms with Gasteiger partial charge in [0.25, 0.3) is 0 Å². The molecule has 1 amide bonds. The van der Waals surface area contributed by atoms with Gasteiger partial charge in [-0.05, 0) is 30.7 Å². The van der Waals surface area contributed by atoms with Crippen LogP contribution in [0.25, 0.3) is 6.08 Å². The van der Waals surface area contributed by atoms with E-state index in [2.05, 4.69) is 5.32 Å². The van der Waals surface area contributed by atoms with Crippen LogP contribution in [0.15, 0.2) is 24.3 Å². The van der Waals surface area contributed by atoms with Crippen molar-refractivity contribution in [3.63, 3.8) is 0 Å². The van der Waals surface area contributed by atoms with Crippen molar-refractivity contribution in [2.75, 3.05) is 19.5 Å². The molecule has 0 aliphatic rings. The predicted octanol–water partition coefficient (Wildman–Crippen LogP) is 4.59. The van der Waals surface area contributed by atoms with E-state index in [1.165, 1.54) is 26.4 Å². The normalized spacial score (nSPS) is 10.7. The summed E-state index contributed by atoms with van der Waals surface area (Å²) in [4.78, 5) is 36.4. The van der Waals surface area contributed by atoms with E-state index < -0.39 is 17.8 Å². The zero-order valence-corrected chi connectivity index (χ0v) is 16.9. The van der Waals surface area contributed by atoms with Gasteiger partial charge < -0.3 is 14.8 Å². The van der Waals surface area contributed by atoms with Crippen molar-refractivity contribution in [3.8, 4) is 0 Å². The molecule has 2 rings (SSSR count). The van der Waals surface area contributed by atoms with Crippen LogP contribution in [0.5, 0.6) is 0 Å². The fourth-order valence-corrected chi connectivity index (χ4v) is 3.86. The zero-order valence-electron chi connectivity index (χ0n) is 14.6. The number of carbonyl (C=O) groups excluding carboxylic acids is 3. The number of nitrogens with one attached hydrogen (secondary N) is 1. The molecule has 1 heterocycles. The molecule has 1 aromatic carbocycles. The van der Waals surface area contributed by atoms with Crippen LogP contribution in [0.1, 0.15) is 31.2 Å². The van der Waals surface area contributed by atoms with Crippen LogP contribution in [0.3, 0.4) is 0 Å². The quantitative estimate of drug-likeness (QED) is 0.557. The Kier molecular flexibility index (Phi) is 7.01. The standard InChI is InChI=1S/C18H15Cl2NO5S/c1-9-14(17(23)25-2)16(27-15(9)18(24)26-3)21-13(22)8-7-10-11(19)5-4-6-12(10)20/h4-8H,1-3H3,(H,21,22). The van der Waals surface area contributed by atoms with Gasteiger partial charge in [0.05, 0.1) is 19.8 Å². The summed E-state index contributed by atoms with van der Waals surface area (Å²) in [6, 6.07) is 4.98. The van der Waals surface area contributed by atoms with Crippen molar-refractivity contribution in [2.24, 2.45) is 0 Å². The van der Waals surface area contributed by atoms with Gasteiger partial charge in [0.15, 0.2) is 0 Å². The lowest BCUT2D eigenvalue weighted by atomic mass is 10.1. The summed E-state index contributed by atoms with van der Waals surface area (Å²) in [5.41, 5.74) is 0.953. The number of amides is 1. The molecule has 0 aliphatic heterocycles. The van der Waals surface area contributed by atoms with Gasteiger partial charge in [-0.25, -0.2) is 9.59 Å². The molecule has 27 heavy (non-hydrogen) atoms. The third-order valence-corrected chi connectivity index (χ3v) is 5.39. The second-order valence-corrected chi connectivity index (χ2v) is 7.04. The highest BCUT2D eigenvalue weighted by Gasteiger charge is 2.26. The molecule has 0 spiro atoms. The number of carbonyl (C=O) groups is 3. The van der Waals surface area contributed by atoms with Crippen LogP contribution in [0.4, 0.5) is 5.00 Å². The lowest BCUT2D eigenvalue weighted by molar-refractivity contribution is -0.111. The van der Waals surface area contributed by atoms with Crippen molar-refractivity contribution in [2.45, 2.75) is 6.92 Å². The number of ether oxygens (including phenoxy) is 2. The first-order valence-corrected chi connectivity index (χ1v) is 9.10. The van der Waals surface area contributed by atoms with Crippen LogP contribution in [0.2, 0.25) is 10.0 Å². The van der Waals surface area contributed by atoms with Crippen LogP contribution in [-0.4, -0.2) is 32.1 Å². The fraction of sp³-hybridized carbons (Fsp3) is 0.167. The molecular weight excluding hydrogens is 413 g/mol. The molecule has 0 bridgehead atoms. The minimum atomic E-state index is -0.674. The van der Waals surface area contributed by atoms with E-state index in [9.17, 15) is 14.4 Å². The first-order valence-electron chi connectivity index (χ1n) is 7.53. The molecule has 0 saturated heterocycles. The molecular formula is C18H15Cl2NO5S. The van der Waals surface area contributed by atoms with E-state index >= 15 is 0 Å². The minimum absolute atomic E-state index is 0.0976. The van der Waals surface area contributed by atoms with Crippen molar-refractivity contribution < 1.29 is 23.9 Å². The highest BCUT2D eigenvalue weighted by molar-refractivity contribution is 7.18. The third kappa shape index (κ3) is 4.68.